The van der Waals surface area contributed by atoms with Gasteiger partial charge in [-0.25, -0.2) is 9.98 Å². The Balaban J connectivity index is 1.78. The Bertz CT molecular complexity index is 837. The summed E-state index contributed by atoms with van der Waals surface area (Å²) in [6.45, 7) is 0. The molecule has 1 amide bonds. The molecule has 6 N–H and O–H groups in total. The van der Waals surface area contributed by atoms with Crippen molar-refractivity contribution in [2.24, 2.45) is 16.5 Å². The van der Waals surface area contributed by atoms with Crippen molar-refractivity contribution in [3.63, 3.8) is 0 Å². The van der Waals surface area contributed by atoms with Crippen molar-refractivity contribution in [1.82, 2.24) is 10.3 Å². The van der Waals surface area contributed by atoms with Crippen LogP contribution in [-0.4, -0.2) is 16.7 Å². The molecule has 0 atom stereocenters. The van der Waals surface area contributed by atoms with Crippen LogP contribution in [0.25, 0.3) is 5.70 Å². The number of nitrogens with zero attached hydrogens (tertiary/aromatic N) is 2. The molecule has 0 unspecified atom stereocenters. The molecule has 7 heteroatoms. The average molecular weight is 320 g/mol. The van der Waals surface area contributed by atoms with E-state index >= 15 is 0 Å². The molecule has 1 aromatic carbocycles. The molecular weight excluding hydrogens is 304 g/mol. The van der Waals surface area contributed by atoms with Gasteiger partial charge in [0.15, 0.2) is 0 Å². The number of nitrogens with two attached hydrogens (primary N) is 2. The number of benzene rings is 1. The summed E-state index contributed by atoms with van der Waals surface area (Å²) in [6.07, 6.45) is 4.81. The van der Waals surface area contributed by atoms with Crippen LogP contribution in [0.15, 0.2) is 71.8 Å². The van der Waals surface area contributed by atoms with Crippen molar-refractivity contribution >= 4 is 23.3 Å². The molecule has 0 saturated heterocycles. The molecule has 0 bridgehead atoms. The third-order valence-electron chi connectivity index (χ3n) is 3.41. The molecule has 2 heterocycles. The molecule has 0 aliphatic carbocycles. The summed E-state index contributed by atoms with van der Waals surface area (Å²) >= 11 is 0. The van der Waals surface area contributed by atoms with Gasteiger partial charge in [0.2, 0.25) is 0 Å². The summed E-state index contributed by atoms with van der Waals surface area (Å²) in [5, 5.41) is 5.69. The number of hydrogen-bond acceptors (Lipinski definition) is 6. The van der Waals surface area contributed by atoms with Gasteiger partial charge < -0.3 is 22.1 Å². The zero-order chi connectivity index (χ0) is 16.9. The number of hydrogen-bond donors (Lipinski definition) is 4. The molecule has 0 saturated carbocycles. The Morgan fingerprint density at radius 1 is 1.08 bits per heavy atom. The SMILES string of the molecule is NC1=NC=CN/C1=C(\N)c1ccc(C(=O)Nc2ccccn2)cc1. The van der Waals surface area contributed by atoms with E-state index < -0.39 is 0 Å². The van der Waals surface area contributed by atoms with E-state index in [2.05, 4.69) is 20.6 Å². The van der Waals surface area contributed by atoms with Gasteiger partial charge in [-0.15, -0.1) is 0 Å². The molecule has 0 radical (unpaired) electrons. The fraction of sp³-hybridized carbons (Fsp3) is 0. The van der Waals surface area contributed by atoms with Gasteiger partial charge >= 0.3 is 0 Å². The number of pyridine rings is 1. The lowest BCUT2D eigenvalue weighted by atomic mass is 10.1. The highest BCUT2D eigenvalue weighted by molar-refractivity contribution is 6.05. The van der Waals surface area contributed by atoms with Crippen LogP contribution >= 0.6 is 0 Å². The van der Waals surface area contributed by atoms with Gasteiger partial charge in [-0.3, -0.25) is 4.79 Å². The fourth-order valence-electron chi connectivity index (χ4n) is 2.16. The molecule has 7 nitrogen and oxygen atoms in total. The van der Waals surface area contributed by atoms with E-state index in [1.807, 2.05) is 0 Å². The number of nitrogens with one attached hydrogen (secondary N) is 2. The lowest BCUT2D eigenvalue weighted by Crippen LogP contribution is -2.28. The summed E-state index contributed by atoms with van der Waals surface area (Å²) in [6, 6.07) is 12.2. The van der Waals surface area contributed by atoms with Crippen LogP contribution in [0.5, 0.6) is 0 Å². The summed E-state index contributed by atoms with van der Waals surface area (Å²) in [5.74, 6) is 0.564. The van der Waals surface area contributed by atoms with Crippen molar-refractivity contribution < 1.29 is 4.79 Å². The van der Waals surface area contributed by atoms with Gasteiger partial charge in [-0.2, -0.15) is 0 Å². The zero-order valence-corrected chi connectivity index (χ0v) is 12.7. The van der Waals surface area contributed by atoms with E-state index in [4.69, 9.17) is 11.5 Å². The van der Waals surface area contributed by atoms with Gasteiger partial charge in [-0.1, -0.05) is 18.2 Å². The monoisotopic (exact) mass is 320 g/mol. The molecule has 24 heavy (non-hydrogen) atoms. The lowest BCUT2D eigenvalue weighted by Gasteiger charge is -2.14. The topological polar surface area (TPSA) is 118 Å². The Hall–Kier alpha value is -3.61. The molecule has 1 aliphatic rings. The van der Waals surface area contributed by atoms with Crippen LogP contribution in [-0.2, 0) is 0 Å². The number of carbonyl (C=O) groups is 1. The van der Waals surface area contributed by atoms with Crippen molar-refractivity contribution in [1.29, 1.82) is 0 Å². The molecule has 1 aromatic heterocycles. The molecule has 3 rings (SSSR count). The van der Waals surface area contributed by atoms with E-state index in [1.165, 1.54) is 0 Å². The fourth-order valence-corrected chi connectivity index (χ4v) is 2.16. The Labute approximate surface area is 138 Å². The summed E-state index contributed by atoms with van der Waals surface area (Å²) < 4.78 is 0. The number of carbonyl (C=O) groups excluding carboxylic acids is 1. The maximum atomic E-state index is 12.2. The Kier molecular flexibility index (Phi) is 4.24. The van der Waals surface area contributed by atoms with Crippen LogP contribution < -0.4 is 22.1 Å². The smallest absolute Gasteiger partial charge is 0.256 e. The number of anilines is 1. The summed E-state index contributed by atoms with van der Waals surface area (Å²) in [7, 11) is 0. The van der Waals surface area contributed by atoms with Gasteiger partial charge in [0.25, 0.3) is 5.91 Å². The highest BCUT2D eigenvalue weighted by Crippen LogP contribution is 2.15. The molecule has 0 fully saturated rings. The Morgan fingerprint density at radius 3 is 2.50 bits per heavy atom. The first-order valence-corrected chi connectivity index (χ1v) is 7.23. The van der Waals surface area contributed by atoms with Crippen molar-refractivity contribution in [3.8, 4) is 0 Å². The quantitative estimate of drug-likeness (QED) is 0.681. The first-order valence-electron chi connectivity index (χ1n) is 7.23. The average Bonchev–Trinajstić information content (AvgIpc) is 2.62. The summed E-state index contributed by atoms with van der Waals surface area (Å²) in [4.78, 5) is 20.2. The number of aromatic nitrogens is 1. The van der Waals surface area contributed by atoms with Gasteiger partial charge in [0.1, 0.15) is 17.4 Å². The zero-order valence-electron chi connectivity index (χ0n) is 12.7. The molecular formula is C17H16N6O. The lowest BCUT2D eigenvalue weighted by molar-refractivity contribution is 0.102. The van der Waals surface area contributed by atoms with Crippen LogP contribution in [0.4, 0.5) is 5.82 Å². The standard InChI is InChI=1S/C17H16N6O/c18-14(15-16(19)22-10-9-21-15)11-4-6-12(7-5-11)17(24)23-13-3-1-2-8-20-13/h1-10,21H,18H2,(H2,19,22)(H,20,23,24)/b15-14-. The Morgan fingerprint density at radius 2 is 1.83 bits per heavy atom. The van der Waals surface area contributed by atoms with Crippen molar-refractivity contribution in [3.05, 3.63) is 77.9 Å². The highest BCUT2D eigenvalue weighted by atomic mass is 16.1. The minimum atomic E-state index is -0.244. The molecule has 0 spiro atoms. The van der Waals surface area contributed by atoms with Crippen LogP contribution in [0.2, 0.25) is 0 Å². The first kappa shape index (κ1) is 15.3. The van der Waals surface area contributed by atoms with E-state index in [-0.39, 0.29) is 5.91 Å². The van der Waals surface area contributed by atoms with E-state index in [9.17, 15) is 4.79 Å². The van der Waals surface area contributed by atoms with Crippen LogP contribution in [0, 0.1) is 0 Å². The normalized spacial score (nSPS) is 15.2. The maximum Gasteiger partial charge on any atom is 0.256 e. The highest BCUT2D eigenvalue weighted by Gasteiger charge is 2.12. The van der Waals surface area contributed by atoms with Crippen molar-refractivity contribution in [2.45, 2.75) is 0 Å². The van der Waals surface area contributed by atoms with Gasteiger partial charge in [0.05, 0.1) is 5.70 Å². The van der Waals surface area contributed by atoms with E-state index in [1.54, 1.807) is 61.1 Å². The third-order valence-corrected chi connectivity index (χ3v) is 3.41. The van der Waals surface area contributed by atoms with Gasteiger partial charge in [-0.05, 0) is 29.8 Å². The van der Waals surface area contributed by atoms with Crippen molar-refractivity contribution in [2.75, 3.05) is 5.32 Å². The number of rotatable bonds is 3. The van der Waals surface area contributed by atoms with Crippen LogP contribution in [0.1, 0.15) is 15.9 Å². The number of amides is 1. The van der Waals surface area contributed by atoms with E-state index in [0.717, 1.165) is 5.56 Å². The number of aliphatic imine (C=N–C) groups is 1. The predicted molar refractivity (Wildman–Crippen MR) is 93.6 cm³/mol. The second-order valence-corrected chi connectivity index (χ2v) is 5.01. The first-order chi connectivity index (χ1) is 11.6. The maximum absolute atomic E-state index is 12.2. The number of amidine groups is 1. The summed E-state index contributed by atoms with van der Waals surface area (Å²) in [5.41, 5.74) is 14.2. The van der Waals surface area contributed by atoms with Crippen LogP contribution in [0.3, 0.4) is 0 Å². The predicted octanol–water partition coefficient (Wildman–Crippen LogP) is 1.39. The second kappa shape index (κ2) is 6.66. The largest absolute Gasteiger partial charge is 0.396 e. The molecule has 120 valence electrons. The third kappa shape index (κ3) is 3.25. The van der Waals surface area contributed by atoms with Gasteiger partial charge in [0, 0.05) is 24.2 Å². The second-order valence-electron chi connectivity index (χ2n) is 5.01. The molecule has 1 aliphatic heterocycles. The minimum absolute atomic E-state index is 0.244. The molecule has 2 aromatic rings. The minimum Gasteiger partial charge on any atom is -0.396 e. The van der Waals surface area contributed by atoms with E-state index in [0.29, 0.717) is 28.6 Å².